The number of anilines is 1. The molecule has 180 valence electrons. The van der Waals surface area contributed by atoms with Gasteiger partial charge in [-0.25, -0.2) is 0 Å². The molecule has 0 aromatic heterocycles. The van der Waals surface area contributed by atoms with Crippen LogP contribution in [0.2, 0.25) is 0 Å². The van der Waals surface area contributed by atoms with Gasteiger partial charge in [-0.1, -0.05) is 17.7 Å². The van der Waals surface area contributed by atoms with Gasteiger partial charge in [-0.3, -0.25) is 4.79 Å². The van der Waals surface area contributed by atoms with E-state index >= 15 is 0 Å². The molecule has 0 radical (unpaired) electrons. The highest BCUT2D eigenvalue weighted by Gasteiger charge is 2.21. The highest BCUT2D eigenvalue weighted by Crippen LogP contribution is 2.37. The molecular formula is C25H20Br2N2O5S. The van der Waals surface area contributed by atoms with Crippen molar-refractivity contribution in [3.63, 3.8) is 0 Å². The van der Waals surface area contributed by atoms with Gasteiger partial charge in [0.05, 0.1) is 15.6 Å². The summed E-state index contributed by atoms with van der Waals surface area (Å²) in [7, 11) is -4.07. The molecule has 0 aliphatic carbocycles. The van der Waals surface area contributed by atoms with Gasteiger partial charge in [-0.2, -0.15) is 13.7 Å². The lowest BCUT2D eigenvalue weighted by molar-refractivity contribution is -0.112. The van der Waals surface area contributed by atoms with Crippen LogP contribution in [0.15, 0.2) is 80.1 Å². The minimum absolute atomic E-state index is 0.0172. The largest absolute Gasteiger partial charge is 0.494 e. The summed E-state index contributed by atoms with van der Waals surface area (Å²) in [5, 5.41) is 12.2. The maximum atomic E-state index is 12.7. The standard InChI is InChI=1S/C25H20Br2N2O5S/c1-3-33-20-8-6-19(7-9-20)29-25(30)18(15-28)12-17-13-22(26)24(23(27)14-17)34-35(31,32)21-10-4-16(2)5-11-21/h4-14H,3H2,1-2H3,(H,29,30)/b18-12+. The van der Waals surface area contributed by atoms with Crippen LogP contribution in [0.5, 0.6) is 11.5 Å². The van der Waals surface area contributed by atoms with Crippen LogP contribution in [0.1, 0.15) is 18.1 Å². The van der Waals surface area contributed by atoms with Crippen LogP contribution in [0.3, 0.4) is 0 Å². The highest BCUT2D eigenvalue weighted by molar-refractivity contribution is 9.11. The SMILES string of the molecule is CCOc1ccc(NC(=O)/C(C#N)=C/c2cc(Br)c(OS(=O)(=O)c3ccc(C)cc3)c(Br)c2)cc1. The van der Waals surface area contributed by atoms with E-state index in [1.165, 1.54) is 18.2 Å². The fourth-order valence-electron chi connectivity index (χ4n) is 2.92. The van der Waals surface area contributed by atoms with E-state index < -0.39 is 16.0 Å². The van der Waals surface area contributed by atoms with Crippen LogP contribution in [-0.2, 0) is 14.9 Å². The van der Waals surface area contributed by atoms with Gasteiger partial charge in [0.2, 0.25) is 0 Å². The van der Waals surface area contributed by atoms with Gasteiger partial charge < -0.3 is 14.2 Å². The predicted molar refractivity (Wildman–Crippen MR) is 141 cm³/mol. The molecular weight excluding hydrogens is 600 g/mol. The normalized spacial score (nSPS) is 11.5. The fraction of sp³-hybridized carbons (Fsp3) is 0.120. The smallest absolute Gasteiger partial charge is 0.339 e. The van der Waals surface area contributed by atoms with Crippen LogP contribution in [0.25, 0.3) is 6.08 Å². The lowest BCUT2D eigenvalue weighted by Crippen LogP contribution is -2.13. The first-order chi connectivity index (χ1) is 16.6. The summed E-state index contributed by atoms with van der Waals surface area (Å²) in [5.41, 5.74) is 1.76. The molecule has 10 heteroatoms. The van der Waals surface area contributed by atoms with Gasteiger partial charge in [-0.05, 0) is 106 Å². The number of nitrogens with zero attached hydrogens (tertiary/aromatic N) is 1. The lowest BCUT2D eigenvalue weighted by Gasteiger charge is -2.12. The van der Waals surface area contributed by atoms with Crippen LogP contribution in [0, 0.1) is 18.3 Å². The maximum absolute atomic E-state index is 12.7. The Morgan fingerprint density at radius 3 is 2.20 bits per heavy atom. The van der Waals surface area contributed by atoms with E-state index in [1.54, 1.807) is 48.5 Å². The summed E-state index contributed by atoms with van der Waals surface area (Å²) in [6, 6.07) is 18.0. The summed E-state index contributed by atoms with van der Waals surface area (Å²) in [6.45, 7) is 4.25. The third-order valence-electron chi connectivity index (χ3n) is 4.62. The molecule has 1 amide bonds. The van der Waals surface area contributed by atoms with Crippen molar-refractivity contribution in [3.05, 3.63) is 86.3 Å². The van der Waals surface area contributed by atoms with E-state index in [2.05, 4.69) is 37.2 Å². The Balaban J connectivity index is 1.81. The number of hydrogen-bond donors (Lipinski definition) is 1. The monoisotopic (exact) mass is 618 g/mol. The Labute approximate surface area is 220 Å². The number of nitriles is 1. The van der Waals surface area contributed by atoms with Crippen molar-refractivity contribution in [2.75, 3.05) is 11.9 Å². The molecule has 0 unspecified atom stereocenters. The quantitative estimate of drug-likeness (QED) is 0.182. The van der Waals surface area contributed by atoms with Gasteiger partial charge >= 0.3 is 10.1 Å². The van der Waals surface area contributed by atoms with Gasteiger partial charge in [-0.15, -0.1) is 0 Å². The van der Waals surface area contributed by atoms with Crippen molar-refractivity contribution >= 4 is 59.6 Å². The van der Waals surface area contributed by atoms with E-state index in [1.807, 2.05) is 19.9 Å². The van der Waals surface area contributed by atoms with E-state index in [0.717, 1.165) is 5.56 Å². The van der Waals surface area contributed by atoms with Crippen molar-refractivity contribution in [1.82, 2.24) is 0 Å². The molecule has 0 bridgehead atoms. The van der Waals surface area contributed by atoms with E-state index in [0.29, 0.717) is 32.6 Å². The Morgan fingerprint density at radius 1 is 1.06 bits per heavy atom. The summed E-state index contributed by atoms with van der Waals surface area (Å²) in [4.78, 5) is 12.6. The Hall–Kier alpha value is -3.13. The average Bonchev–Trinajstić information content (AvgIpc) is 2.81. The first-order valence-electron chi connectivity index (χ1n) is 10.3. The minimum Gasteiger partial charge on any atom is -0.494 e. The number of hydrogen-bond acceptors (Lipinski definition) is 6. The van der Waals surface area contributed by atoms with Gasteiger partial charge in [0.1, 0.15) is 22.3 Å². The highest BCUT2D eigenvalue weighted by atomic mass is 79.9. The molecule has 7 nitrogen and oxygen atoms in total. The van der Waals surface area contributed by atoms with Crippen LogP contribution in [-0.4, -0.2) is 20.9 Å². The number of benzene rings is 3. The van der Waals surface area contributed by atoms with Gasteiger partial charge in [0, 0.05) is 5.69 Å². The number of rotatable bonds is 8. The first kappa shape index (κ1) is 26.5. The zero-order chi connectivity index (χ0) is 25.6. The molecule has 0 aliphatic rings. The second-order valence-corrected chi connectivity index (χ2v) is 10.5. The van der Waals surface area contributed by atoms with Crippen molar-refractivity contribution in [2.24, 2.45) is 0 Å². The first-order valence-corrected chi connectivity index (χ1v) is 13.3. The van der Waals surface area contributed by atoms with Gasteiger partial charge in [0.25, 0.3) is 5.91 Å². The Morgan fingerprint density at radius 2 is 1.66 bits per heavy atom. The second kappa shape index (κ2) is 11.5. The maximum Gasteiger partial charge on any atom is 0.339 e. The van der Waals surface area contributed by atoms with Crippen LogP contribution in [0.4, 0.5) is 5.69 Å². The number of halogens is 2. The molecule has 0 atom stereocenters. The number of carbonyl (C=O) groups excluding carboxylic acids is 1. The zero-order valence-corrected chi connectivity index (χ0v) is 22.7. The number of aryl methyl sites for hydroxylation is 1. The molecule has 0 heterocycles. The van der Waals surface area contributed by atoms with Crippen LogP contribution < -0.4 is 14.2 Å². The molecule has 1 N–H and O–H groups in total. The summed E-state index contributed by atoms with van der Waals surface area (Å²) < 4.78 is 36.7. The second-order valence-electron chi connectivity index (χ2n) is 7.25. The minimum atomic E-state index is -4.07. The predicted octanol–water partition coefficient (Wildman–Crippen LogP) is 6.23. The number of amides is 1. The Kier molecular flexibility index (Phi) is 8.72. The number of carbonyl (C=O) groups is 1. The molecule has 0 aliphatic heterocycles. The molecule has 3 rings (SSSR count). The van der Waals surface area contributed by atoms with Crippen LogP contribution >= 0.6 is 31.9 Å². The number of nitrogens with one attached hydrogen (secondary N) is 1. The summed E-state index contributed by atoms with van der Waals surface area (Å²) >= 11 is 6.63. The average molecular weight is 620 g/mol. The number of ether oxygens (including phenoxy) is 1. The zero-order valence-electron chi connectivity index (χ0n) is 18.7. The molecule has 0 spiro atoms. The fourth-order valence-corrected chi connectivity index (χ4v) is 5.48. The van der Waals surface area contributed by atoms with E-state index in [-0.39, 0.29) is 16.2 Å². The molecule has 0 saturated heterocycles. The van der Waals surface area contributed by atoms with Gasteiger partial charge in [0.15, 0.2) is 5.75 Å². The molecule has 0 fully saturated rings. The summed E-state index contributed by atoms with van der Waals surface area (Å²) in [6.07, 6.45) is 1.39. The van der Waals surface area contributed by atoms with Crippen molar-refractivity contribution < 1.29 is 22.1 Å². The summed E-state index contributed by atoms with van der Waals surface area (Å²) in [5.74, 6) is 0.120. The van der Waals surface area contributed by atoms with E-state index in [4.69, 9.17) is 8.92 Å². The van der Waals surface area contributed by atoms with E-state index in [9.17, 15) is 18.5 Å². The Bertz CT molecular complexity index is 1390. The molecule has 0 saturated carbocycles. The molecule has 3 aromatic carbocycles. The van der Waals surface area contributed by atoms with Crippen molar-refractivity contribution in [2.45, 2.75) is 18.7 Å². The van der Waals surface area contributed by atoms with Crippen molar-refractivity contribution in [3.8, 4) is 17.6 Å². The molecule has 3 aromatic rings. The lowest BCUT2D eigenvalue weighted by atomic mass is 10.1. The third kappa shape index (κ3) is 6.94. The molecule has 35 heavy (non-hydrogen) atoms. The third-order valence-corrected chi connectivity index (χ3v) is 7.04. The van der Waals surface area contributed by atoms with Crippen molar-refractivity contribution in [1.29, 1.82) is 5.26 Å². The topological polar surface area (TPSA) is 105 Å².